The molecule has 0 aromatic heterocycles. The third-order valence-corrected chi connectivity index (χ3v) is 5.19. The molecule has 1 aliphatic rings. The Balaban J connectivity index is 1.42. The fourth-order valence-electron chi connectivity index (χ4n) is 3.69. The molecule has 3 aromatic carbocycles. The van der Waals surface area contributed by atoms with Crippen molar-refractivity contribution >= 4 is 16.7 Å². The number of amides is 1. The van der Waals surface area contributed by atoms with Crippen LogP contribution in [0.25, 0.3) is 10.8 Å². The van der Waals surface area contributed by atoms with Crippen molar-refractivity contribution < 1.29 is 9.18 Å². The van der Waals surface area contributed by atoms with Gasteiger partial charge in [0.15, 0.2) is 0 Å². The summed E-state index contributed by atoms with van der Waals surface area (Å²) in [5, 5.41) is 2.24. The van der Waals surface area contributed by atoms with Gasteiger partial charge in [0.1, 0.15) is 5.82 Å². The van der Waals surface area contributed by atoms with Crippen LogP contribution in [0.2, 0.25) is 0 Å². The van der Waals surface area contributed by atoms with Gasteiger partial charge in [-0.15, -0.1) is 0 Å². The monoisotopic (exact) mass is 362 g/mol. The molecule has 0 unspecified atom stereocenters. The van der Waals surface area contributed by atoms with Crippen molar-refractivity contribution in [3.05, 3.63) is 83.7 Å². The van der Waals surface area contributed by atoms with Crippen LogP contribution in [0.15, 0.2) is 66.7 Å². The molecule has 0 aliphatic carbocycles. The summed E-state index contributed by atoms with van der Waals surface area (Å²) in [6.07, 6.45) is 0.945. The molecule has 138 valence electrons. The Bertz CT molecular complexity index is 939. The van der Waals surface area contributed by atoms with Crippen LogP contribution in [-0.4, -0.2) is 41.9 Å². The van der Waals surface area contributed by atoms with Crippen LogP contribution in [0.4, 0.5) is 4.39 Å². The van der Waals surface area contributed by atoms with Crippen LogP contribution < -0.4 is 0 Å². The van der Waals surface area contributed by atoms with Gasteiger partial charge in [-0.2, -0.15) is 0 Å². The molecule has 0 N–H and O–H groups in total. The molecule has 0 saturated carbocycles. The Labute approximate surface area is 159 Å². The first-order valence-corrected chi connectivity index (χ1v) is 9.44. The van der Waals surface area contributed by atoms with Gasteiger partial charge in [-0.1, -0.05) is 42.5 Å². The number of fused-ring (bicyclic) bond motifs is 1. The summed E-state index contributed by atoms with van der Waals surface area (Å²) in [4.78, 5) is 17.3. The normalized spacial score (nSPS) is 15.7. The second-order valence-electron chi connectivity index (χ2n) is 7.11. The topological polar surface area (TPSA) is 23.6 Å². The second-order valence-corrected chi connectivity index (χ2v) is 7.11. The molecule has 27 heavy (non-hydrogen) atoms. The lowest BCUT2D eigenvalue weighted by Crippen LogP contribution is -2.35. The highest BCUT2D eigenvalue weighted by molar-refractivity contribution is 5.98. The quantitative estimate of drug-likeness (QED) is 0.692. The number of carbonyl (C=O) groups is 1. The largest absolute Gasteiger partial charge is 0.337 e. The lowest BCUT2D eigenvalue weighted by Gasteiger charge is -2.22. The van der Waals surface area contributed by atoms with Crippen LogP contribution in [0, 0.1) is 5.82 Å². The Hall–Kier alpha value is -2.72. The Morgan fingerprint density at radius 3 is 2.44 bits per heavy atom. The summed E-state index contributed by atoms with van der Waals surface area (Å²) < 4.78 is 13.1. The highest BCUT2D eigenvalue weighted by Gasteiger charge is 2.20. The number of nitrogens with zero attached hydrogens (tertiary/aromatic N) is 2. The molecule has 1 saturated heterocycles. The highest BCUT2D eigenvalue weighted by atomic mass is 19.1. The molecule has 0 atom stereocenters. The molecule has 1 aliphatic heterocycles. The summed E-state index contributed by atoms with van der Waals surface area (Å²) in [6.45, 7) is 4.05. The maximum absolute atomic E-state index is 13.1. The van der Waals surface area contributed by atoms with Crippen molar-refractivity contribution in [3.63, 3.8) is 0 Å². The molecule has 1 amide bonds. The van der Waals surface area contributed by atoms with Crippen LogP contribution >= 0.6 is 0 Å². The zero-order valence-corrected chi connectivity index (χ0v) is 15.3. The van der Waals surface area contributed by atoms with E-state index in [4.69, 9.17) is 0 Å². The lowest BCUT2D eigenvalue weighted by atomic mass is 10.1. The van der Waals surface area contributed by atoms with Crippen molar-refractivity contribution in [1.82, 2.24) is 9.80 Å². The summed E-state index contributed by atoms with van der Waals surface area (Å²) >= 11 is 0. The molecule has 1 heterocycles. The fraction of sp³-hybridized carbons (Fsp3) is 0.261. The van der Waals surface area contributed by atoms with Crippen molar-refractivity contribution in [2.75, 3.05) is 26.2 Å². The van der Waals surface area contributed by atoms with Crippen molar-refractivity contribution in [2.24, 2.45) is 0 Å². The van der Waals surface area contributed by atoms with Gasteiger partial charge in [-0.05, 0) is 47.0 Å². The van der Waals surface area contributed by atoms with E-state index in [0.717, 1.165) is 54.5 Å². The Morgan fingerprint density at radius 1 is 0.852 bits per heavy atom. The van der Waals surface area contributed by atoms with Crippen molar-refractivity contribution in [3.8, 4) is 0 Å². The SMILES string of the molecule is O=C(c1ccc2ccccc2c1)N1CCCN(Cc2ccc(F)cc2)CC1. The van der Waals surface area contributed by atoms with E-state index in [1.807, 2.05) is 53.4 Å². The first-order valence-electron chi connectivity index (χ1n) is 9.44. The fourth-order valence-corrected chi connectivity index (χ4v) is 3.69. The predicted molar refractivity (Wildman–Crippen MR) is 106 cm³/mol. The molecular weight excluding hydrogens is 339 g/mol. The van der Waals surface area contributed by atoms with Gasteiger partial charge >= 0.3 is 0 Å². The summed E-state index contributed by atoms with van der Waals surface area (Å²) in [6, 6.07) is 20.7. The molecule has 4 heteroatoms. The number of hydrogen-bond acceptors (Lipinski definition) is 2. The van der Waals surface area contributed by atoms with Gasteiger partial charge in [-0.3, -0.25) is 9.69 Å². The van der Waals surface area contributed by atoms with Gasteiger partial charge in [0.2, 0.25) is 0 Å². The lowest BCUT2D eigenvalue weighted by molar-refractivity contribution is 0.0761. The third-order valence-electron chi connectivity index (χ3n) is 5.19. The molecule has 0 spiro atoms. The van der Waals surface area contributed by atoms with E-state index < -0.39 is 0 Å². The summed E-state index contributed by atoms with van der Waals surface area (Å²) in [5.41, 5.74) is 1.85. The van der Waals surface area contributed by atoms with Crippen LogP contribution in [0.5, 0.6) is 0 Å². The number of rotatable bonds is 3. The number of halogens is 1. The Morgan fingerprint density at radius 2 is 1.63 bits per heavy atom. The third kappa shape index (κ3) is 4.17. The average molecular weight is 362 g/mol. The molecule has 3 nitrogen and oxygen atoms in total. The highest BCUT2D eigenvalue weighted by Crippen LogP contribution is 2.18. The van der Waals surface area contributed by atoms with Crippen LogP contribution in [0.3, 0.4) is 0 Å². The standard InChI is InChI=1S/C23H23FN2O/c24-22-10-6-18(7-11-22)17-25-12-3-13-26(15-14-25)23(27)21-9-8-19-4-1-2-5-20(19)16-21/h1-2,4-11,16H,3,12-15,17H2. The van der Waals surface area contributed by atoms with E-state index >= 15 is 0 Å². The second kappa shape index (κ2) is 7.89. The average Bonchev–Trinajstić information content (AvgIpc) is 2.94. The minimum absolute atomic E-state index is 0.101. The molecule has 0 bridgehead atoms. The smallest absolute Gasteiger partial charge is 0.253 e. The van der Waals surface area contributed by atoms with E-state index in [-0.39, 0.29) is 11.7 Å². The number of hydrogen-bond donors (Lipinski definition) is 0. The number of benzene rings is 3. The first-order chi connectivity index (χ1) is 13.2. The molecular formula is C23H23FN2O. The van der Waals surface area contributed by atoms with Crippen molar-refractivity contribution in [2.45, 2.75) is 13.0 Å². The van der Waals surface area contributed by atoms with Crippen LogP contribution in [0.1, 0.15) is 22.3 Å². The maximum atomic E-state index is 13.1. The minimum Gasteiger partial charge on any atom is -0.337 e. The van der Waals surface area contributed by atoms with E-state index in [2.05, 4.69) is 11.0 Å². The number of carbonyl (C=O) groups excluding carboxylic acids is 1. The zero-order valence-electron chi connectivity index (χ0n) is 15.3. The van der Waals surface area contributed by atoms with E-state index in [1.54, 1.807) is 0 Å². The molecule has 1 fully saturated rings. The molecule has 4 rings (SSSR count). The maximum Gasteiger partial charge on any atom is 0.253 e. The zero-order chi connectivity index (χ0) is 18.6. The Kier molecular flexibility index (Phi) is 5.16. The van der Waals surface area contributed by atoms with Gasteiger partial charge < -0.3 is 4.90 Å². The predicted octanol–water partition coefficient (Wildman–Crippen LogP) is 4.33. The van der Waals surface area contributed by atoms with Gasteiger partial charge in [0.05, 0.1) is 0 Å². The van der Waals surface area contributed by atoms with Gasteiger partial charge in [-0.25, -0.2) is 4.39 Å². The van der Waals surface area contributed by atoms with E-state index in [1.165, 1.54) is 12.1 Å². The van der Waals surface area contributed by atoms with Crippen molar-refractivity contribution in [1.29, 1.82) is 0 Å². The first kappa shape index (κ1) is 17.7. The molecule has 3 aromatic rings. The summed E-state index contributed by atoms with van der Waals surface area (Å²) in [7, 11) is 0. The van der Waals surface area contributed by atoms with Crippen LogP contribution in [-0.2, 0) is 6.54 Å². The van der Waals surface area contributed by atoms with E-state index in [9.17, 15) is 9.18 Å². The summed E-state index contributed by atoms with van der Waals surface area (Å²) in [5.74, 6) is -0.105. The van der Waals surface area contributed by atoms with Gasteiger partial charge in [0, 0.05) is 38.3 Å². The minimum atomic E-state index is -0.207. The van der Waals surface area contributed by atoms with Gasteiger partial charge in [0.25, 0.3) is 5.91 Å². The van der Waals surface area contributed by atoms with E-state index in [0.29, 0.717) is 6.54 Å². The molecule has 0 radical (unpaired) electrons.